The van der Waals surface area contributed by atoms with Crippen LogP contribution < -0.4 is 5.32 Å². The number of H-pyrrole nitrogens is 1. The normalized spacial score (nSPS) is 11.4. The van der Waals surface area contributed by atoms with Gasteiger partial charge >= 0.3 is 0 Å². The van der Waals surface area contributed by atoms with Gasteiger partial charge in [0, 0.05) is 47.8 Å². The second kappa shape index (κ2) is 7.02. The molecule has 6 rings (SSSR count). The number of halogens is 1. The summed E-state index contributed by atoms with van der Waals surface area (Å²) in [7, 11) is 1.88. The zero-order valence-corrected chi connectivity index (χ0v) is 17.0. The summed E-state index contributed by atoms with van der Waals surface area (Å²) < 4.78 is 17.1. The number of imidazole rings is 1. The maximum absolute atomic E-state index is 13.3. The molecule has 0 atom stereocenters. The van der Waals surface area contributed by atoms with E-state index in [0.29, 0.717) is 11.5 Å². The van der Waals surface area contributed by atoms with Crippen molar-refractivity contribution < 1.29 is 4.39 Å². The summed E-state index contributed by atoms with van der Waals surface area (Å²) in [6, 6.07) is 12.2. The Morgan fingerprint density at radius 1 is 1.00 bits per heavy atom. The number of aromatic amines is 1. The summed E-state index contributed by atoms with van der Waals surface area (Å²) in [5.41, 5.74) is 5.94. The molecule has 6 aromatic rings. The molecule has 0 aliphatic rings. The van der Waals surface area contributed by atoms with E-state index in [4.69, 9.17) is 0 Å². The SMILES string of the molecule is Cn1cc(-c2cnc3c(Nc4ccc5[nH]nc(-c6ccc(F)cc6)c5c4)nccn23)cn1. The van der Waals surface area contributed by atoms with Gasteiger partial charge in [-0.25, -0.2) is 14.4 Å². The van der Waals surface area contributed by atoms with Gasteiger partial charge in [-0.3, -0.25) is 14.2 Å². The summed E-state index contributed by atoms with van der Waals surface area (Å²) in [6.45, 7) is 0. The van der Waals surface area contributed by atoms with Crippen LogP contribution in [0.2, 0.25) is 0 Å². The fraction of sp³-hybridized carbons (Fsp3) is 0.0435. The Labute approximate surface area is 181 Å². The van der Waals surface area contributed by atoms with Gasteiger partial charge in [-0.1, -0.05) is 0 Å². The van der Waals surface area contributed by atoms with Crippen LogP contribution in [0.1, 0.15) is 0 Å². The standard InChI is InChI=1S/C23H17FN8/c1-31-13-15(11-27-31)20-12-26-23-22(25-8-9-32(20)23)28-17-6-7-19-18(10-17)21(30-29-19)14-2-4-16(24)5-3-14/h2-13H,1H3,(H,25,28)(H,29,30). The number of aryl methyl sites for hydroxylation is 1. The van der Waals surface area contributed by atoms with Gasteiger partial charge in [-0.2, -0.15) is 10.2 Å². The molecule has 0 fully saturated rings. The minimum atomic E-state index is -0.277. The topological polar surface area (TPSA) is 88.7 Å². The molecular formula is C23H17FN8. The van der Waals surface area contributed by atoms with Crippen LogP contribution in [0.3, 0.4) is 0 Å². The highest BCUT2D eigenvalue weighted by molar-refractivity contribution is 5.95. The van der Waals surface area contributed by atoms with Gasteiger partial charge in [-0.05, 0) is 42.5 Å². The third-order valence-electron chi connectivity index (χ3n) is 5.37. The molecule has 0 aliphatic carbocycles. The van der Waals surface area contributed by atoms with E-state index in [1.165, 1.54) is 12.1 Å². The van der Waals surface area contributed by atoms with Crippen molar-refractivity contribution in [1.82, 2.24) is 34.3 Å². The van der Waals surface area contributed by atoms with Crippen molar-refractivity contribution in [1.29, 1.82) is 0 Å². The molecule has 4 aromatic heterocycles. The number of benzene rings is 2. The highest BCUT2D eigenvalue weighted by Gasteiger charge is 2.13. The van der Waals surface area contributed by atoms with Crippen molar-refractivity contribution in [2.75, 3.05) is 5.32 Å². The third kappa shape index (κ3) is 2.99. The average molecular weight is 424 g/mol. The van der Waals surface area contributed by atoms with Gasteiger partial charge in [0.25, 0.3) is 0 Å². The summed E-state index contributed by atoms with van der Waals surface area (Å²) in [5, 5.41) is 16.0. The van der Waals surface area contributed by atoms with Crippen molar-refractivity contribution >= 4 is 28.1 Å². The van der Waals surface area contributed by atoms with E-state index in [0.717, 1.165) is 39.1 Å². The largest absolute Gasteiger partial charge is 0.337 e. The molecule has 0 bridgehead atoms. The van der Waals surface area contributed by atoms with Gasteiger partial charge in [0.15, 0.2) is 11.5 Å². The molecule has 0 spiro atoms. The van der Waals surface area contributed by atoms with Crippen LogP contribution >= 0.6 is 0 Å². The van der Waals surface area contributed by atoms with E-state index >= 15 is 0 Å². The van der Waals surface area contributed by atoms with Gasteiger partial charge < -0.3 is 5.32 Å². The third-order valence-corrected chi connectivity index (χ3v) is 5.37. The Hall–Kier alpha value is -4.53. The average Bonchev–Trinajstić information content (AvgIpc) is 3.52. The highest BCUT2D eigenvalue weighted by atomic mass is 19.1. The Morgan fingerprint density at radius 3 is 2.69 bits per heavy atom. The van der Waals surface area contributed by atoms with Crippen molar-refractivity contribution in [3.05, 3.63) is 79.3 Å². The zero-order valence-electron chi connectivity index (χ0n) is 17.0. The number of hydrogen-bond acceptors (Lipinski definition) is 5. The molecule has 0 aliphatic heterocycles. The van der Waals surface area contributed by atoms with E-state index in [9.17, 15) is 4.39 Å². The minimum Gasteiger partial charge on any atom is -0.337 e. The Kier molecular flexibility index (Phi) is 4.00. The molecule has 0 radical (unpaired) electrons. The first-order valence-corrected chi connectivity index (χ1v) is 9.98. The Balaban J connectivity index is 1.39. The molecule has 9 heteroatoms. The summed E-state index contributed by atoms with van der Waals surface area (Å²) in [5.74, 6) is 0.356. The zero-order chi connectivity index (χ0) is 21.7. The molecule has 32 heavy (non-hydrogen) atoms. The van der Waals surface area contributed by atoms with Crippen molar-refractivity contribution in [2.24, 2.45) is 7.05 Å². The fourth-order valence-corrected chi connectivity index (χ4v) is 3.83. The maximum atomic E-state index is 13.3. The molecule has 2 aromatic carbocycles. The second-order valence-corrected chi connectivity index (χ2v) is 7.48. The van der Waals surface area contributed by atoms with Crippen LogP contribution in [0.25, 0.3) is 39.1 Å². The number of nitrogens with one attached hydrogen (secondary N) is 2. The van der Waals surface area contributed by atoms with Crippen molar-refractivity contribution in [3.8, 4) is 22.5 Å². The monoisotopic (exact) mass is 424 g/mol. The van der Waals surface area contributed by atoms with Gasteiger partial charge in [0.05, 0.1) is 29.3 Å². The van der Waals surface area contributed by atoms with E-state index < -0.39 is 0 Å². The first-order chi connectivity index (χ1) is 15.7. The molecule has 8 nitrogen and oxygen atoms in total. The predicted molar refractivity (Wildman–Crippen MR) is 120 cm³/mol. The highest BCUT2D eigenvalue weighted by Crippen LogP contribution is 2.30. The van der Waals surface area contributed by atoms with Crippen LogP contribution in [-0.4, -0.2) is 34.3 Å². The van der Waals surface area contributed by atoms with Crippen molar-refractivity contribution in [3.63, 3.8) is 0 Å². The smallest absolute Gasteiger partial charge is 0.180 e. The molecular weight excluding hydrogens is 407 g/mol. The number of hydrogen-bond donors (Lipinski definition) is 2. The number of anilines is 2. The van der Waals surface area contributed by atoms with E-state index in [1.54, 1.807) is 29.2 Å². The van der Waals surface area contributed by atoms with Gasteiger partial charge in [-0.15, -0.1) is 0 Å². The van der Waals surface area contributed by atoms with Crippen LogP contribution in [0.15, 0.2) is 73.4 Å². The lowest BCUT2D eigenvalue weighted by molar-refractivity contribution is 0.628. The van der Waals surface area contributed by atoms with E-state index in [2.05, 4.69) is 30.6 Å². The second-order valence-electron chi connectivity index (χ2n) is 7.48. The molecule has 2 N–H and O–H groups in total. The quantitative estimate of drug-likeness (QED) is 0.433. The summed E-state index contributed by atoms with van der Waals surface area (Å²) >= 11 is 0. The summed E-state index contributed by atoms with van der Waals surface area (Å²) in [6.07, 6.45) is 9.17. The first-order valence-electron chi connectivity index (χ1n) is 9.98. The Morgan fingerprint density at radius 2 is 1.88 bits per heavy atom. The fourth-order valence-electron chi connectivity index (χ4n) is 3.83. The maximum Gasteiger partial charge on any atom is 0.180 e. The molecule has 0 saturated carbocycles. The van der Waals surface area contributed by atoms with Crippen LogP contribution in [-0.2, 0) is 7.05 Å². The lowest BCUT2D eigenvalue weighted by Crippen LogP contribution is -1.98. The lowest BCUT2D eigenvalue weighted by Gasteiger charge is -2.08. The van der Waals surface area contributed by atoms with Crippen LogP contribution in [0, 0.1) is 5.82 Å². The number of rotatable bonds is 4. The van der Waals surface area contributed by atoms with Crippen molar-refractivity contribution in [2.45, 2.75) is 0 Å². The van der Waals surface area contributed by atoms with Gasteiger partial charge in [0.2, 0.25) is 0 Å². The number of fused-ring (bicyclic) bond motifs is 2. The number of nitrogens with zero attached hydrogens (tertiary/aromatic N) is 6. The summed E-state index contributed by atoms with van der Waals surface area (Å²) in [4.78, 5) is 9.07. The Bertz CT molecular complexity index is 1580. The minimum absolute atomic E-state index is 0.277. The molecule has 4 heterocycles. The van der Waals surface area contributed by atoms with E-state index in [-0.39, 0.29) is 5.82 Å². The molecule has 0 amide bonds. The van der Waals surface area contributed by atoms with E-state index in [1.807, 2.05) is 48.2 Å². The lowest BCUT2D eigenvalue weighted by atomic mass is 10.1. The molecule has 156 valence electrons. The molecule has 0 saturated heterocycles. The van der Waals surface area contributed by atoms with Gasteiger partial charge in [0.1, 0.15) is 5.82 Å². The number of aromatic nitrogens is 7. The first kappa shape index (κ1) is 18.3. The predicted octanol–water partition coefficient (Wildman–Crippen LogP) is 4.56. The van der Waals surface area contributed by atoms with Crippen LogP contribution in [0.5, 0.6) is 0 Å². The van der Waals surface area contributed by atoms with Crippen LogP contribution in [0.4, 0.5) is 15.9 Å². The molecule has 0 unspecified atom stereocenters.